The van der Waals surface area contributed by atoms with Gasteiger partial charge in [-0.25, -0.2) is 0 Å². The molecular weight excluding hydrogens is 348 g/mol. The van der Waals surface area contributed by atoms with E-state index < -0.39 is 0 Å². The van der Waals surface area contributed by atoms with E-state index >= 15 is 0 Å². The number of piperidine rings is 1. The van der Waals surface area contributed by atoms with Crippen molar-refractivity contribution in [2.45, 2.75) is 19.8 Å². The number of hydrogen-bond donors (Lipinski definition) is 1. The minimum absolute atomic E-state index is 0.0401. The lowest BCUT2D eigenvalue weighted by Gasteiger charge is -2.31. The van der Waals surface area contributed by atoms with E-state index in [-0.39, 0.29) is 17.7 Å². The Labute approximate surface area is 165 Å². The van der Waals surface area contributed by atoms with Crippen molar-refractivity contribution in [1.82, 2.24) is 4.90 Å². The van der Waals surface area contributed by atoms with E-state index in [1.807, 2.05) is 72.5 Å². The van der Waals surface area contributed by atoms with Crippen LogP contribution in [0.1, 0.15) is 28.8 Å². The monoisotopic (exact) mass is 372 g/mol. The Bertz CT molecular complexity index is 1020. The number of fused-ring (bicyclic) bond motifs is 1. The molecule has 3 aromatic rings. The van der Waals surface area contributed by atoms with Crippen molar-refractivity contribution in [3.8, 4) is 0 Å². The van der Waals surface area contributed by atoms with Crippen LogP contribution in [0.2, 0.25) is 0 Å². The van der Waals surface area contributed by atoms with Crippen LogP contribution >= 0.6 is 0 Å². The lowest BCUT2D eigenvalue weighted by atomic mass is 9.95. The fourth-order valence-corrected chi connectivity index (χ4v) is 3.84. The molecule has 2 amide bonds. The third kappa shape index (κ3) is 3.77. The molecule has 3 aromatic carbocycles. The molecule has 28 heavy (non-hydrogen) atoms. The first-order valence-corrected chi connectivity index (χ1v) is 9.76. The standard InChI is InChI=1S/C24H24N2O2/c1-17-6-2-5-9-22(17)24(28)26-14-12-19(13-15-26)23(27)25-21-11-10-18-7-3-4-8-20(18)16-21/h2-11,16,19H,12-15H2,1H3,(H,25,27). The van der Waals surface area contributed by atoms with Crippen LogP contribution in [-0.4, -0.2) is 29.8 Å². The van der Waals surface area contributed by atoms with Crippen LogP contribution in [0.3, 0.4) is 0 Å². The Morgan fingerprint density at radius 3 is 2.32 bits per heavy atom. The molecule has 0 bridgehead atoms. The van der Waals surface area contributed by atoms with Gasteiger partial charge in [0.1, 0.15) is 0 Å². The summed E-state index contributed by atoms with van der Waals surface area (Å²) in [6.45, 7) is 3.18. The highest BCUT2D eigenvalue weighted by molar-refractivity contribution is 5.97. The minimum Gasteiger partial charge on any atom is -0.339 e. The number of carbonyl (C=O) groups excluding carboxylic acids is 2. The molecule has 1 fully saturated rings. The second-order valence-electron chi connectivity index (χ2n) is 7.43. The largest absolute Gasteiger partial charge is 0.339 e. The lowest BCUT2D eigenvalue weighted by Crippen LogP contribution is -2.41. The summed E-state index contributed by atoms with van der Waals surface area (Å²) in [5.74, 6) is 0.0390. The molecule has 0 atom stereocenters. The number of amides is 2. The van der Waals surface area contributed by atoms with Gasteiger partial charge in [0.2, 0.25) is 5.91 Å². The molecule has 0 spiro atoms. The van der Waals surface area contributed by atoms with E-state index in [0.717, 1.165) is 27.6 Å². The van der Waals surface area contributed by atoms with Crippen molar-refractivity contribution in [3.63, 3.8) is 0 Å². The number of aryl methyl sites for hydroxylation is 1. The van der Waals surface area contributed by atoms with E-state index in [2.05, 4.69) is 11.4 Å². The zero-order valence-corrected chi connectivity index (χ0v) is 16.0. The van der Waals surface area contributed by atoms with Crippen molar-refractivity contribution >= 4 is 28.3 Å². The molecule has 1 aliphatic heterocycles. The number of hydrogen-bond acceptors (Lipinski definition) is 2. The SMILES string of the molecule is Cc1ccccc1C(=O)N1CCC(C(=O)Nc2ccc3ccccc3c2)CC1. The Hall–Kier alpha value is -3.14. The molecule has 0 aliphatic carbocycles. The predicted molar refractivity (Wildman–Crippen MR) is 112 cm³/mol. The molecular formula is C24H24N2O2. The Morgan fingerprint density at radius 2 is 1.57 bits per heavy atom. The summed E-state index contributed by atoms with van der Waals surface area (Å²) < 4.78 is 0. The molecule has 142 valence electrons. The fourth-order valence-electron chi connectivity index (χ4n) is 3.84. The van der Waals surface area contributed by atoms with E-state index in [1.165, 1.54) is 0 Å². The number of nitrogens with one attached hydrogen (secondary N) is 1. The van der Waals surface area contributed by atoms with Gasteiger partial charge < -0.3 is 10.2 Å². The molecule has 4 rings (SSSR count). The summed E-state index contributed by atoms with van der Waals surface area (Å²) >= 11 is 0. The molecule has 4 heteroatoms. The van der Waals surface area contributed by atoms with Crippen LogP contribution < -0.4 is 5.32 Å². The third-order valence-electron chi connectivity index (χ3n) is 5.55. The van der Waals surface area contributed by atoms with Gasteiger partial charge in [-0.3, -0.25) is 9.59 Å². The average Bonchev–Trinajstić information content (AvgIpc) is 2.73. The normalized spacial score (nSPS) is 14.8. The molecule has 1 saturated heterocycles. The van der Waals surface area contributed by atoms with Crippen molar-refractivity contribution < 1.29 is 9.59 Å². The maximum absolute atomic E-state index is 12.7. The molecule has 0 unspecified atom stereocenters. The Balaban J connectivity index is 1.37. The first kappa shape index (κ1) is 18.2. The Kier molecular flexibility index (Phi) is 5.11. The van der Waals surface area contributed by atoms with Crippen LogP contribution in [0.25, 0.3) is 10.8 Å². The van der Waals surface area contributed by atoms with E-state index in [9.17, 15) is 9.59 Å². The quantitative estimate of drug-likeness (QED) is 0.728. The minimum atomic E-state index is -0.0626. The molecule has 0 saturated carbocycles. The molecule has 0 aromatic heterocycles. The first-order valence-electron chi connectivity index (χ1n) is 9.76. The fraction of sp³-hybridized carbons (Fsp3) is 0.250. The van der Waals surface area contributed by atoms with Crippen molar-refractivity contribution in [1.29, 1.82) is 0 Å². The van der Waals surface area contributed by atoms with E-state index in [1.54, 1.807) is 0 Å². The summed E-state index contributed by atoms with van der Waals surface area (Å²) in [5, 5.41) is 5.31. The van der Waals surface area contributed by atoms with Gasteiger partial charge in [-0.1, -0.05) is 48.5 Å². The smallest absolute Gasteiger partial charge is 0.254 e. The summed E-state index contributed by atoms with van der Waals surface area (Å²) in [6.07, 6.45) is 1.38. The highest BCUT2D eigenvalue weighted by Gasteiger charge is 2.28. The van der Waals surface area contributed by atoms with E-state index in [0.29, 0.717) is 25.9 Å². The number of rotatable bonds is 3. The molecule has 1 heterocycles. The van der Waals surface area contributed by atoms with Crippen molar-refractivity contribution in [3.05, 3.63) is 77.9 Å². The van der Waals surface area contributed by atoms with Crippen molar-refractivity contribution in [2.75, 3.05) is 18.4 Å². The van der Waals surface area contributed by atoms with Gasteiger partial charge in [-0.2, -0.15) is 0 Å². The molecule has 4 nitrogen and oxygen atoms in total. The highest BCUT2D eigenvalue weighted by atomic mass is 16.2. The highest BCUT2D eigenvalue weighted by Crippen LogP contribution is 2.23. The van der Waals surface area contributed by atoms with Gasteiger partial charge >= 0.3 is 0 Å². The second kappa shape index (κ2) is 7.85. The van der Waals surface area contributed by atoms with Gasteiger partial charge in [0.25, 0.3) is 5.91 Å². The van der Waals surface area contributed by atoms with Crippen LogP contribution in [0.15, 0.2) is 66.7 Å². The number of anilines is 1. The second-order valence-corrected chi connectivity index (χ2v) is 7.43. The van der Waals surface area contributed by atoms with E-state index in [4.69, 9.17) is 0 Å². The number of likely N-dealkylation sites (tertiary alicyclic amines) is 1. The zero-order chi connectivity index (χ0) is 19.5. The summed E-state index contributed by atoms with van der Waals surface area (Å²) in [7, 11) is 0. The first-order chi connectivity index (χ1) is 13.6. The maximum atomic E-state index is 12.7. The topological polar surface area (TPSA) is 49.4 Å². The van der Waals surface area contributed by atoms with Gasteiger partial charge in [0.15, 0.2) is 0 Å². The number of carbonyl (C=O) groups is 2. The van der Waals surface area contributed by atoms with Crippen LogP contribution in [0.4, 0.5) is 5.69 Å². The zero-order valence-electron chi connectivity index (χ0n) is 16.0. The van der Waals surface area contributed by atoms with Gasteiger partial charge in [0, 0.05) is 30.3 Å². The summed E-state index contributed by atoms with van der Waals surface area (Å²) in [4.78, 5) is 27.3. The summed E-state index contributed by atoms with van der Waals surface area (Å²) in [5.41, 5.74) is 2.56. The predicted octanol–water partition coefficient (Wildman–Crippen LogP) is 4.64. The lowest BCUT2D eigenvalue weighted by molar-refractivity contribution is -0.121. The van der Waals surface area contributed by atoms with Crippen molar-refractivity contribution in [2.24, 2.45) is 5.92 Å². The summed E-state index contributed by atoms with van der Waals surface area (Å²) in [6, 6.07) is 21.7. The average molecular weight is 372 g/mol. The van der Waals surface area contributed by atoms with Crippen LogP contribution in [0, 0.1) is 12.8 Å². The van der Waals surface area contributed by atoms with Gasteiger partial charge in [0.05, 0.1) is 0 Å². The number of nitrogens with zero attached hydrogens (tertiary/aromatic N) is 1. The van der Waals surface area contributed by atoms with Crippen LogP contribution in [-0.2, 0) is 4.79 Å². The molecule has 1 N–H and O–H groups in total. The molecule has 1 aliphatic rings. The third-order valence-corrected chi connectivity index (χ3v) is 5.55. The maximum Gasteiger partial charge on any atom is 0.254 e. The molecule has 0 radical (unpaired) electrons. The van der Waals surface area contributed by atoms with Crippen LogP contribution in [0.5, 0.6) is 0 Å². The van der Waals surface area contributed by atoms with Gasteiger partial charge in [-0.15, -0.1) is 0 Å². The number of benzene rings is 3. The Morgan fingerprint density at radius 1 is 0.893 bits per heavy atom. The van der Waals surface area contributed by atoms with Gasteiger partial charge in [-0.05, 0) is 54.3 Å².